The van der Waals surface area contributed by atoms with Gasteiger partial charge >= 0.3 is 0 Å². The van der Waals surface area contributed by atoms with Crippen molar-refractivity contribution >= 4 is 50.3 Å². The van der Waals surface area contributed by atoms with Gasteiger partial charge in [0, 0.05) is 10.5 Å². The van der Waals surface area contributed by atoms with Crippen molar-refractivity contribution in [3.8, 4) is 0 Å². The molecule has 1 aliphatic heterocycles. The van der Waals surface area contributed by atoms with E-state index >= 15 is 0 Å². The number of carbonyl (C=O) groups is 3. The highest BCUT2D eigenvalue weighted by molar-refractivity contribution is 14.1. The zero-order valence-corrected chi connectivity index (χ0v) is 19.9. The van der Waals surface area contributed by atoms with Crippen molar-refractivity contribution in [2.75, 3.05) is 6.54 Å². The van der Waals surface area contributed by atoms with Crippen LogP contribution < -0.4 is 15.8 Å². The second kappa shape index (κ2) is 7.63. The Labute approximate surface area is 185 Å². The molecule has 11 heteroatoms. The molecule has 0 aromatic heterocycles. The summed E-state index contributed by atoms with van der Waals surface area (Å²) in [4.78, 5) is 40.0. The summed E-state index contributed by atoms with van der Waals surface area (Å²) in [5.41, 5.74) is 4.41. The average Bonchev–Trinajstić information content (AvgIpc) is 3.50. The first-order valence-electron chi connectivity index (χ1n) is 9.88. The molecule has 4 atom stereocenters. The summed E-state index contributed by atoms with van der Waals surface area (Å²) < 4.78 is 26.2. The fraction of sp³-hybridized carbons (Fsp3) is 0.833. The lowest BCUT2D eigenvalue weighted by molar-refractivity contribution is -0.142. The number of hydrogen-bond donors (Lipinski definition) is 3. The van der Waals surface area contributed by atoms with Gasteiger partial charge in [0.05, 0.1) is 11.3 Å². The number of amides is 3. The van der Waals surface area contributed by atoms with Crippen molar-refractivity contribution in [2.24, 2.45) is 11.1 Å². The number of nitrogens with zero attached hydrogens (tertiary/aromatic N) is 1. The van der Waals surface area contributed by atoms with Crippen LogP contribution in [0.4, 0.5) is 0 Å². The van der Waals surface area contributed by atoms with Crippen LogP contribution in [-0.4, -0.2) is 64.4 Å². The fourth-order valence-corrected chi connectivity index (χ4v) is 5.98. The van der Waals surface area contributed by atoms with Crippen molar-refractivity contribution in [3.05, 3.63) is 0 Å². The molecule has 0 bridgehead atoms. The van der Waals surface area contributed by atoms with Gasteiger partial charge in [-0.25, -0.2) is 8.42 Å². The van der Waals surface area contributed by atoms with Gasteiger partial charge in [0.25, 0.3) is 5.91 Å². The van der Waals surface area contributed by atoms with Crippen LogP contribution in [0.5, 0.6) is 0 Å². The Hall–Kier alpha value is -0.950. The largest absolute Gasteiger partial charge is 0.339 e. The maximum absolute atomic E-state index is 13.0. The summed E-state index contributed by atoms with van der Waals surface area (Å²) in [6, 6.07) is -1.44. The third-order valence-electron chi connectivity index (χ3n) is 5.86. The third kappa shape index (κ3) is 4.55. The van der Waals surface area contributed by atoms with Gasteiger partial charge in [-0.3, -0.25) is 19.1 Å². The Morgan fingerprint density at radius 1 is 1.21 bits per heavy atom. The van der Waals surface area contributed by atoms with Crippen molar-refractivity contribution < 1.29 is 22.8 Å². The van der Waals surface area contributed by atoms with E-state index in [2.05, 4.69) is 10.0 Å². The quantitative estimate of drug-likeness (QED) is 0.321. The molecule has 0 spiro atoms. The summed E-state index contributed by atoms with van der Waals surface area (Å²) in [6.45, 7) is 6.03. The highest BCUT2D eigenvalue weighted by Gasteiger charge is 2.62. The minimum Gasteiger partial charge on any atom is -0.339 e. The van der Waals surface area contributed by atoms with Gasteiger partial charge in [0.2, 0.25) is 21.8 Å². The number of nitrogens with one attached hydrogen (secondary N) is 2. The van der Waals surface area contributed by atoms with E-state index in [4.69, 9.17) is 5.73 Å². The molecule has 0 radical (unpaired) electrons. The van der Waals surface area contributed by atoms with E-state index in [1.54, 1.807) is 0 Å². The predicted octanol–water partition coefficient (Wildman–Crippen LogP) is 0.0215. The van der Waals surface area contributed by atoms with Gasteiger partial charge in [0.1, 0.15) is 11.6 Å². The SMILES string of the molecule is CC(C)(C)[C@H](N)C(=O)N1CCC[C@H]1C(=O)N[C@]1(C(=O)NS(=O)(=O)C2CC2)C[C@H]1I. The number of alkyl halides is 1. The Morgan fingerprint density at radius 3 is 2.28 bits per heavy atom. The molecular formula is C18H29IN4O5S. The fourth-order valence-electron chi connectivity index (χ4n) is 3.48. The zero-order chi connectivity index (χ0) is 21.8. The van der Waals surface area contributed by atoms with Crippen molar-refractivity contribution in [1.82, 2.24) is 14.9 Å². The average molecular weight is 540 g/mol. The van der Waals surface area contributed by atoms with Gasteiger partial charge in [-0.15, -0.1) is 0 Å². The molecule has 1 heterocycles. The third-order valence-corrected chi connectivity index (χ3v) is 9.19. The number of carbonyl (C=O) groups excluding carboxylic acids is 3. The molecule has 0 unspecified atom stereocenters. The van der Waals surface area contributed by atoms with Crippen LogP contribution in [0.15, 0.2) is 0 Å². The maximum Gasteiger partial charge on any atom is 0.260 e. The first-order chi connectivity index (χ1) is 13.3. The molecule has 3 fully saturated rings. The summed E-state index contributed by atoms with van der Waals surface area (Å²) >= 11 is 2.03. The van der Waals surface area contributed by atoms with E-state index in [-0.39, 0.29) is 9.83 Å². The summed E-state index contributed by atoms with van der Waals surface area (Å²) in [7, 11) is -3.69. The number of nitrogens with two attached hydrogens (primary N) is 1. The minimum atomic E-state index is -3.69. The topological polar surface area (TPSA) is 139 Å². The highest BCUT2D eigenvalue weighted by atomic mass is 127. The lowest BCUT2D eigenvalue weighted by atomic mass is 9.86. The molecule has 1 saturated heterocycles. The predicted molar refractivity (Wildman–Crippen MR) is 116 cm³/mol. The van der Waals surface area contributed by atoms with Crippen LogP contribution in [0.3, 0.4) is 0 Å². The first-order valence-corrected chi connectivity index (χ1v) is 12.7. The lowest BCUT2D eigenvalue weighted by Gasteiger charge is -2.33. The Morgan fingerprint density at radius 2 is 1.79 bits per heavy atom. The Balaban J connectivity index is 1.69. The summed E-state index contributed by atoms with van der Waals surface area (Å²) in [5.74, 6) is -1.42. The van der Waals surface area contributed by atoms with Gasteiger partial charge < -0.3 is 16.0 Å². The van der Waals surface area contributed by atoms with E-state index in [0.29, 0.717) is 38.6 Å². The number of hydrogen-bond acceptors (Lipinski definition) is 6. The Kier molecular flexibility index (Phi) is 5.98. The van der Waals surface area contributed by atoms with Gasteiger partial charge in [-0.1, -0.05) is 43.4 Å². The van der Waals surface area contributed by atoms with Crippen LogP contribution in [0.2, 0.25) is 0 Å². The van der Waals surface area contributed by atoms with E-state index in [9.17, 15) is 22.8 Å². The molecule has 9 nitrogen and oxygen atoms in total. The molecule has 3 amide bonds. The Bertz CT molecular complexity index is 823. The van der Waals surface area contributed by atoms with Gasteiger partial charge in [0.15, 0.2) is 0 Å². The lowest BCUT2D eigenvalue weighted by Crippen LogP contribution is -2.59. The molecule has 29 heavy (non-hydrogen) atoms. The molecule has 2 aliphatic carbocycles. The number of sulfonamides is 1. The molecule has 2 saturated carbocycles. The second-order valence-corrected chi connectivity index (χ2v) is 12.8. The molecular weight excluding hydrogens is 511 g/mol. The van der Waals surface area contributed by atoms with Crippen molar-refractivity contribution in [1.29, 1.82) is 0 Å². The number of halogens is 1. The maximum atomic E-state index is 13.0. The van der Waals surface area contributed by atoms with E-state index in [1.165, 1.54) is 4.90 Å². The van der Waals surface area contributed by atoms with Gasteiger partial charge in [-0.2, -0.15) is 0 Å². The summed E-state index contributed by atoms with van der Waals surface area (Å²) in [6.07, 6.45) is 2.60. The molecule has 3 rings (SSSR count). The normalized spacial score (nSPS) is 30.6. The number of rotatable bonds is 6. The molecule has 0 aromatic rings. The van der Waals surface area contributed by atoms with Crippen molar-refractivity contribution in [2.45, 2.75) is 79.7 Å². The summed E-state index contributed by atoms with van der Waals surface area (Å²) in [5, 5.41) is 2.22. The van der Waals surface area contributed by atoms with E-state index < -0.39 is 50.1 Å². The monoisotopic (exact) mass is 540 g/mol. The number of likely N-dealkylation sites (tertiary alicyclic amines) is 1. The highest BCUT2D eigenvalue weighted by Crippen LogP contribution is 2.44. The van der Waals surface area contributed by atoms with E-state index in [0.717, 1.165) is 0 Å². The molecule has 164 valence electrons. The first kappa shape index (κ1) is 22.7. The molecule has 4 N–H and O–H groups in total. The zero-order valence-electron chi connectivity index (χ0n) is 16.9. The molecule has 3 aliphatic rings. The minimum absolute atomic E-state index is 0.208. The standard InChI is InChI=1S/C18H29IN4O5S/c1-17(2,3)13(20)15(25)23-8-4-5-11(23)14(24)21-18(9-12(18)19)16(26)22-29(27,28)10-6-7-10/h10-13H,4-9,20H2,1-3H3,(H,21,24)(H,22,26)/t11-,12+,13+,18+/m0/s1. The van der Waals surface area contributed by atoms with Gasteiger partial charge in [-0.05, 0) is 37.5 Å². The van der Waals surface area contributed by atoms with Crippen LogP contribution in [-0.2, 0) is 24.4 Å². The molecule has 0 aromatic carbocycles. The van der Waals surface area contributed by atoms with Crippen LogP contribution in [0, 0.1) is 5.41 Å². The second-order valence-electron chi connectivity index (χ2n) is 9.34. The van der Waals surface area contributed by atoms with Crippen LogP contribution in [0.25, 0.3) is 0 Å². The van der Waals surface area contributed by atoms with Crippen molar-refractivity contribution in [3.63, 3.8) is 0 Å². The van der Waals surface area contributed by atoms with E-state index in [1.807, 2.05) is 43.4 Å². The smallest absolute Gasteiger partial charge is 0.260 e. The van der Waals surface area contributed by atoms with Crippen LogP contribution in [0.1, 0.15) is 52.9 Å². The van der Waals surface area contributed by atoms with Crippen LogP contribution >= 0.6 is 22.6 Å².